The Morgan fingerprint density at radius 1 is 1.56 bits per heavy atom. The van der Waals surface area contributed by atoms with E-state index in [9.17, 15) is 8.42 Å². The Hall–Kier alpha value is -1.12. The molecule has 7 nitrogen and oxygen atoms in total. The third-order valence-corrected chi connectivity index (χ3v) is 5.28. The first-order valence-corrected chi connectivity index (χ1v) is 7.44. The minimum Gasteiger partial charge on any atom is -0.383 e. The van der Waals surface area contributed by atoms with Crippen molar-refractivity contribution in [1.29, 1.82) is 0 Å². The molecule has 0 bridgehead atoms. The molecule has 1 saturated heterocycles. The molecule has 102 valence electrons. The molecule has 0 spiro atoms. The molecular weight excluding hydrogens is 254 g/mol. The summed E-state index contributed by atoms with van der Waals surface area (Å²) in [6.45, 7) is 6.77. The topological polar surface area (TPSA) is 95.3 Å². The van der Waals surface area contributed by atoms with Gasteiger partial charge in [0.25, 0.3) is 0 Å². The van der Waals surface area contributed by atoms with Crippen LogP contribution in [0, 0.1) is 0 Å². The van der Waals surface area contributed by atoms with E-state index in [1.807, 2.05) is 6.92 Å². The van der Waals surface area contributed by atoms with E-state index in [-0.39, 0.29) is 16.8 Å². The van der Waals surface area contributed by atoms with Crippen molar-refractivity contribution in [3.05, 3.63) is 6.20 Å². The van der Waals surface area contributed by atoms with Crippen LogP contribution in [0.1, 0.15) is 13.8 Å². The summed E-state index contributed by atoms with van der Waals surface area (Å²) in [5.41, 5.74) is 5.59. The number of hydrogen-bond acceptors (Lipinski definition) is 5. The number of H-pyrrole nitrogens is 1. The Morgan fingerprint density at radius 3 is 2.78 bits per heavy atom. The van der Waals surface area contributed by atoms with E-state index in [0.717, 1.165) is 13.1 Å². The van der Waals surface area contributed by atoms with Crippen LogP contribution >= 0.6 is 0 Å². The van der Waals surface area contributed by atoms with Crippen molar-refractivity contribution >= 4 is 15.8 Å². The van der Waals surface area contributed by atoms with Crippen molar-refractivity contribution in [2.45, 2.75) is 24.8 Å². The van der Waals surface area contributed by atoms with E-state index in [0.29, 0.717) is 13.1 Å². The average Bonchev–Trinajstić information content (AvgIpc) is 2.76. The summed E-state index contributed by atoms with van der Waals surface area (Å²) in [6.07, 6.45) is 1.27. The van der Waals surface area contributed by atoms with Gasteiger partial charge >= 0.3 is 0 Å². The lowest BCUT2D eigenvalue weighted by Gasteiger charge is -2.38. The van der Waals surface area contributed by atoms with Crippen LogP contribution in [0.4, 0.5) is 5.82 Å². The number of likely N-dealkylation sites (N-methyl/N-ethyl adjacent to an activating group) is 1. The fourth-order valence-corrected chi connectivity index (χ4v) is 3.80. The van der Waals surface area contributed by atoms with Crippen LogP contribution in [-0.2, 0) is 10.0 Å². The monoisotopic (exact) mass is 273 g/mol. The molecule has 3 N–H and O–H groups in total. The molecule has 2 heterocycles. The highest BCUT2D eigenvalue weighted by Gasteiger charge is 2.33. The van der Waals surface area contributed by atoms with E-state index < -0.39 is 10.0 Å². The van der Waals surface area contributed by atoms with Crippen molar-refractivity contribution in [2.24, 2.45) is 0 Å². The number of rotatable bonds is 3. The van der Waals surface area contributed by atoms with Crippen LogP contribution in [0.5, 0.6) is 0 Å². The Bertz CT molecular complexity index is 512. The first-order chi connectivity index (χ1) is 8.46. The van der Waals surface area contributed by atoms with Crippen LogP contribution in [0.25, 0.3) is 0 Å². The van der Waals surface area contributed by atoms with Crippen molar-refractivity contribution in [1.82, 2.24) is 19.4 Å². The molecule has 18 heavy (non-hydrogen) atoms. The molecule has 0 aliphatic carbocycles. The molecule has 1 fully saturated rings. The first-order valence-electron chi connectivity index (χ1n) is 6.00. The highest BCUT2D eigenvalue weighted by atomic mass is 32.2. The second-order valence-corrected chi connectivity index (χ2v) is 6.39. The number of hydrogen-bond donors (Lipinski definition) is 2. The molecular formula is C10H19N5O2S. The number of aromatic amines is 1. The standard InChI is InChI=1S/C10H19N5O2S/c1-3-14-4-5-15(7-8(14)2)18(16,17)9-6-12-13-10(9)11/h6,8H,3-5,7H2,1-2H3,(H3,11,12,13). The Balaban J connectivity index is 2.21. The van der Waals surface area contributed by atoms with E-state index in [1.54, 1.807) is 0 Å². The third-order valence-electron chi connectivity index (χ3n) is 3.38. The number of nitrogen functional groups attached to an aromatic ring is 1. The van der Waals surface area contributed by atoms with Gasteiger partial charge in [-0.2, -0.15) is 9.40 Å². The normalized spacial score (nSPS) is 23.3. The fraction of sp³-hybridized carbons (Fsp3) is 0.700. The molecule has 1 unspecified atom stereocenters. The number of nitrogens with zero attached hydrogens (tertiary/aromatic N) is 3. The third kappa shape index (κ3) is 2.23. The van der Waals surface area contributed by atoms with Gasteiger partial charge in [0.05, 0.1) is 6.20 Å². The van der Waals surface area contributed by atoms with Gasteiger partial charge in [0, 0.05) is 25.7 Å². The quantitative estimate of drug-likeness (QED) is 0.789. The predicted molar refractivity (Wildman–Crippen MR) is 68.5 cm³/mol. The van der Waals surface area contributed by atoms with Gasteiger partial charge in [0.1, 0.15) is 10.7 Å². The minimum atomic E-state index is -3.53. The zero-order chi connectivity index (χ0) is 13.3. The smallest absolute Gasteiger partial charge is 0.248 e. The second kappa shape index (κ2) is 4.87. The first kappa shape index (κ1) is 13.3. The molecule has 1 aliphatic rings. The van der Waals surface area contributed by atoms with Gasteiger partial charge in [-0.1, -0.05) is 6.92 Å². The number of nitrogens with one attached hydrogen (secondary N) is 1. The van der Waals surface area contributed by atoms with Crippen molar-refractivity contribution in [3.8, 4) is 0 Å². The summed E-state index contributed by atoms with van der Waals surface area (Å²) in [5, 5.41) is 6.12. The van der Waals surface area contributed by atoms with Crippen molar-refractivity contribution in [2.75, 3.05) is 31.9 Å². The molecule has 1 atom stereocenters. The van der Waals surface area contributed by atoms with Crippen molar-refractivity contribution < 1.29 is 8.42 Å². The van der Waals surface area contributed by atoms with Gasteiger partial charge in [0.15, 0.2) is 0 Å². The summed E-state index contributed by atoms with van der Waals surface area (Å²) in [7, 11) is -3.53. The molecule has 0 amide bonds. The molecule has 0 aromatic carbocycles. The maximum atomic E-state index is 12.4. The summed E-state index contributed by atoms with van der Waals surface area (Å²) in [5.74, 6) is 0.0978. The Morgan fingerprint density at radius 2 is 2.28 bits per heavy atom. The molecule has 1 aromatic heterocycles. The molecule has 1 aromatic rings. The summed E-state index contributed by atoms with van der Waals surface area (Å²) >= 11 is 0. The highest BCUT2D eigenvalue weighted by Crippen LogP contribution is 2.22. The van der Waals surface area contributed by atoms with Crippen molar-refractivity contribution in [3.63, 3.8) is 0 Å². The lowest BCUT2D eigenvalue weighted by molar-refractivity contribution is 0.136. The Kier molecular flexibility index (Phi) is 3.60. The van der Waals surface area contributed by atoms with Crippen LogP contribution in [-0.4, -0.2) is 60.0 Å². The molecule has 2 rings (SSSR count). The van der Waals surface area contributed by atoms with E-state index >= 15 is 0 Å². The van der Waals surface area contributed by atoms with E-state index in [4.69, 9.17) is 5.73 Å². The second-order valence-electron chi connectivity index (χ2n) is 4.49. The summed E-state index contributed by atoms with van der Waals surface area (Å²) in [4.78, 5) is 2.32. The van der Waals surface area contributed by atoms with Gasteiger partial charge in [-0.3, -0.25) is 10.00 Å². The minimum absolute atomic E-state index is 0.0691. The summed E-state index contributed by atoms with van der Waals surface area (Å²) in [6, 6.07) is 0.214. The van der Waals surface area contributed by atoms with E-state index in [1.165, 1.54) is 10.5 Å². The van der Waals surface area contributed by atoms with Gasteiger partial charge in [0.2, 0.25) is 10.0 Å². The molecule has 0 saturated carbocycles. The molecule has 1 aliphatic heterocycles. The van der Waals surface area contributed by atoms with E-state index in [2.05, 4.69) is 22.0 Å². The van der Waals surface area contributed by atoms with Crippen LogP contribution < -0.4 is 5.73 Å². The average molecular weight is 273 g/mol. The number of anilines is 1. The van der Waals surface area contributed by atoms with Gasteiger partial charge in [-0.05, 0) is 13.5 Å². The zero-order valence-electron chi connectivity index (χ0n) is 10.6. The number of nitrogens with two attached hydrogens (primary N) is 1. The van der Waals surface area contributed by atoms with Crippen LogP contribution in [0.2, 0.25) is 0 Å². The largest absolute Gasteiger partial charge is 0.383 e. The number of aromatic nitrogens is 2. The maximum absolute atomic E-state index is 12.4. The van der Waals surface area contributed by atoms with Gasteiger partial charge < -0.3 is 5.73 Å². The fourth-order valence-electron chi connectivity index (χ4n) is 2.28. The lowest BCUT2D eigenvalue weighted by Crippen LogP contribution is -2.53. The SMILES string of the molecule is CCN1CCN(S(=O)(=O)c2cn[nH]c2N)CC1C. The van der Waals surface area contributed by atoms with Gasteiger partial charge in [-0.15, -0.1) is 0 Å². The van der Waals surface area contributed by atoms with Crippen LogP contribution in [0.15, 0.2) is 11.1 Å². The Labute approximate surface area is 107 Å². The maximum Gasteiger partial charge on any atom is 0.248 e. The lowest BCUT2D eigenvalue weighted by atomic mass is 10.2. The number of piperazine rings is 1. The summed E-state index contributed by atoms with van der Waals surface area (Å²) < 4.78 is 26.2. The van der Waals surface area contributed by atoms with Gasteiger partial charge in [-0.25, -0.2) is 8.42 Å². The predicted octanol–water partition coefficient (Wildman–Crippen LogP) is -0.293. The molecule has 0 radical (unpaired) electrons. The van der Waals surface area contributed by atoms with Crippen LogP contribution in [0.3, 0.4) is 0 Å². The molecule has 8 heteroatoms. The number of sulfonamides is 1. The highest BCUT2D eigenvalue weighted by molar-refractivity contribution is 7.89. The zero-order valence-corrected chi connectivity index (χ0v) is 11.4.